The zero-order chi connectivity index (χ0) is 12.4. The van der Waals surface area contributed by atoms with Crippen LogP contribution in [0.5, 0.6) is 0 Å². The highest BCUT2D eigenvalue weighted by Crippen LogP contribution is 2.27. The van der Waals surface area contributed by atoms with Gasteiger partial charge in [-0.25, -0.2) is 0 Å². The standard InChI is InChI=1S/C14H25N3O/c18-14(16-11-4-1-2-5-11)10-15-12-7-9-17-8-3-6-13(12)17/h11-13,15H,1-10H2,(H,16,18). The first-order valence-electron chi connectivity index (χ1n) is 7.60. The average molecular weight is 251 g/mol. The molecule has 3 aliphatic rings. The predicted molar refractivity (Wildman–Crippen MR) is 71.4 cm³/mol. The molecule has 4 nitrogen and oxygen atoms in total. The molecule has 2 unspecified atom stereocenters. The quantitative estimate of drug-likeness (QED) is 0.779. The Labute approximate surface area is 109 Å². The second kappa shape index (κ2) is 5.57. The van der Waals surface area contributed by atoms with Crippen LogP contribution in [0.3, 0.4) is 0 Å². The molecule has 102 valence electrons. The van der Waals surface area contributed by atoms with E-state index in [1.807, 2.05) is 0 Å². The van der Waals surface area contributed by atoms with Gasteiger partial charge in [-0.15, -0.1) is 0 Å². The van der Waals surface area contributed by atoms with Gasteiger partial charge in [0.25, 0.3) is 0 Å². The molecule has 0 spiro atoms. The highest BCUT2D eigenvalue weighted by molar-refractivity contribution is 5.78. The molecular formula is C14H25N3O. The maximum atomic E-state index is 11.9. The Morgan fingerprint density at radius 1 is 1.06 bits per heavy atom. The van der Waals surface area contributed by atoms with Crippen LogP contribution in [0.15, 0.2) is 0 Å². The van der Waals surface area contributed by atoms with Gasteiger partial charge >= 0.3 is 0 Å². The van der Waals surface area contributed by atoms with Crippen molar-refractivity contribution in [3.63, 3.8) is 0 Å². The summed E-state index contributed by atoms with van der Waals surface area (Å²) in [4.78, 5) is 14.4. The highest BCUT2D eigenvalue weighted by atomic mass is 16.2. The number of hydrogen-bond donors (Lipinski definition) is 2. The largest absolute Gasteiger partial charge is 0.352 e. The number of nitrogens with one attached hydrogen (secondary N) is 2. The van der Waals surface area contributed by atoms with Gasteiger partial charge in [-0.2, -0.15) is 0 Å². The molecular weight excluding hydrogens is 226 g/mol. The number of hydrogen-bond acceptors (Lipinski definition) is 3. The van der Waals surface area contributed by atoms with Gasteiger partial charge in [-0.1, -0.05) is 12.8 Å². The molecule has 3 rings (SSSR count). The van der Waals surface area contributed by atoms with Crippen LogP contribution in [-0.4, -0.2) is 48.6 Å². The van der Waals surface area contributed by atoms with Gasteiger partial charge in [0.2, 0.25) is 5.91 Å². The van der Waals surface area contributed by atoms with Crippen LogP contribution in [0.4, 0.5) is 0 Å². The third-order valence-electron chi connectivity index (χ3n) is 4.85. The van der Waals surface area contributed by atoms with Crippen LogP contribution < -0.4 is 10.6 Å². The molecule has 1 saturated carbocycles. The Bertz CT molecular complexity index is 301. The number of carbonyl (C=O) groups is 1. The molecule has 0 radical (unpaired) electrons. The lowest BCUT2D eigenvalue weighted by molar-refractivity contribution is -0.121. The minimum Gasteiger partial charge on any atom is -0.352 e. The fraction of sp³-hybridized carbons (Fsp3) is 0.929. The van der Waals surface area contributed by atoms with Crippen molar-refractivity contribution in [1.82, 2.24) is 15.5 Å². The van der Waals surface area contributed by atoms with E-state index >= 15 is 0 Å². The number of carbonyl (C=O) groups excluding carboxylic acids is 1. The Hall–Kier alpha value is -0.610. The zero-order valence-electron chi connectivity index (χ0n) is 11.2. The van der Waals surface area contributed by atoms with Crippen molar-refractivity contribution in [2.75, 3.05) is 19.6 Å². The maximum absolute atomic E-state index is 11.9. The van der Waals surface area contributed by atoms with E-state index in [1.165, 1.54) is 58.0 Å². The van der Waals surface area contributed by atoms with Gasteiger partial charge in [0.15, 0.2) is 0 Å². The fourth-order valence-electron chi connectivity index (χ4n) is 3.89. The third kappa shape index (κ3) is 2.69. The minimum atomic E-state index is 0.193. The van der Waals surface area contributed by atoms with E-state index in [9.17, 15) is 4.79 Å². The molecule has 18 heavy (non-hydrogen) atoms. The number of nitrogens with zero attached hydrogens (tertiary/aromatic N) is 1. The number of fused-ring (bicyclic) bond motifs is 1. The van der Waals surface area contributed by atoms with Crippen LogP contribution in [0, 0.1) is 0 Å². The zero-order valence-corrected chi connectivity index (χ0v) is 11.2. The second-order valence-corrected chi connectivity index (χ2v) is 6.07. The summed E-state index contributed by atoms with van der Waals surface area (Å²) in [7, 11) is 0. The van der Waals surface area contributed by atoms with E-state index in [0.717, 1.165) is 0 Å². The second-order valence-electron chi connectivity index (χ2n) is 6.07. The first kappa shape index (κ1) is 12.4. The van der Waals surface area contributed by atoms with Gasteiger partial charge in [0, 0.05) is 24.7 Å². The van der Waals surface area contributed by atoms with Gasteiger partial charge in [0.1, 0.15) is 0 Å². The van der Waals surface area contributed by atoms with Gasteiger partial charge in [-0.3, -0.25) is 9.69 Å². The maximum Gasteiger partial charge on any atom is 0.234 e. The third-order valence-corrected chi connectivity index (χ3v) is 4.85. The van der Waals surface area contributed by atoms with Crippen molar-refractivity contribution in [3.8, 4) is 0 Å². The highest BCUT2D eigenvalue weighted by Gasteiger charge is 2.36. The van der Waals surface area contributed by atoms with E-state index in [4.69, 9.17) is 0 Å². The summed E-state index contributed by atoms with van der Waals surface area (Å²) < 4.78 is 0. The summed E-state index contributed by atoms with van der Waals surface area (Å²) in [5.74, 6) is 0.193. The Morgan fingerprint density at radius 3 is 2.72 bits per heavy atom. The van der Waals surface area contributed by atoms with Crippen LogP contribution >= 0.6 is 0 Å². The lowest BCUT2D eigenvalue weighted by Gasteiger charge is -2.21. The summed E-state index contributed by atoms with van der Waals surface area (Å²) in [5.41, 5.74) is 0. The molecule has 2 saturated heterocycles. The minimum absolute atomic E-state index is 0.193. The molecule has 1 amide bonds. The van der Waals surface area contributed by atoms with E-state index in [1.54, 1.807) is 0 Å². The smallest absolute Gasteiger partial charge is 0.234 e. The van der Waals surface area contributed by atoms with Crippen molar-refractivity contribution in [3.05, 3.63) is 0 Å². The van der Waals surface area contributed by atoms with Crippen molar-refractivity contribution >= 4 is 5.91 Å². The Morgan fingerprint density at radius 2 is 1.89 bits per heavy atom. The number of amides is 1. The summed E-state index contributed by atoms with van der Waals surface area (Å²) in [5, 5.41) is 6.62. The first-order chi connectivity index (χ1) is 8.83. The van der Waals surface area contributed by atoms with Crippen LogP contribution in [0.1, 0.15) is 44.9 Å². The lowest BCUT2D eigenvalue weighted by atomic mass is 10.1. The first-order valence-corrected chi connectivity index (χ1v) is 7.60. The van der Waals surface area contributed by atoms with Gasteiger partial charge in [0.05, 0.1) is 6.54 Å². The average Bonchev–Trinajstić information content (AvgIpc) is 3.03. The van der Waals surface area contributed by atoms with Gasteiger partial charge < -0.3 is 10.6 Å². The molecule has 0 aromatic carbocycles. The fourth-order valence-corrected chi connectivity index (χ4v) is 3.89. The van der Waals surface area contributed by atoms with E-state index in [-0.39, 0.29) is 5.91 Å². The number of rotatable bonds is 4. The molecule has 0 bridgehead atoms. The SMILES string of the molecule is O=C(CNC1CCN2CCCC12)NC1CCCC1. The molecule has 2 heterocycles. The molecule has 0 aromatic heterocycles. The summed E-state index contributed by atoms with van der Waals surface area (Å²) in [6, 6.07) is 1.69. The Kier molecular flexibility index (Phi) is 3.85. The van der Waals surface area contributed by atoms with Crippen molar-refractivity contribution in [1.29, 1.82) is 0 Å². The molecule has 2 aliphatic heterocycles. The summed E-state index contributed by atoms with van der Waals surface area (Å²) in [6.45, 7) is 2.98. The van der Waals surface area contributed by atoms with Crippen molar-refractivity contribution in [2.45, 2.75) is 63.1 Å². The van der Waals surface area contributed by atoms with Gasteiger partial charge in [-0.05, 0) is 38.6 Å². The summed E-state index contributed by atoms with van der Waals surface area (Å²) >= 11 is 0. The molecule has 2 atom stereocenters. The topological polar surface area (TPSA) is 44.4 Å². The van der Waals surface area contributed by atoms with E-state index in [0.29, 0.717) is 24.7 Å². The molecule has 2 N–H and O–H groups in total. The molecule has 3 fully saturated rings. The van der Waals surface area contributed by atoms with Crippen LogP contribution in [-0.2, 0) is 4.79 Å². The molecule has 0 aromatic rings. The van der Waals surface area contributed by atoms with Crippen LogP contribution in [0.2, 0.25) is 0 Å². The van der Waals surface area contributed by atoms with Crippen molar-refractivity contribution < 1.29 is 4.79 Å². The van der Waals surface area contributed by atoms with Crippen molar-refractivity contribution in [2.24, 2.45) is 0 Å². The molecule has 1 aliphatic carbocycles. The van der Waals surface area contributed by atoms with Crippen LogP contribution in [0.25, 0.3) is 0 Å². The predicted octanol–water partition coefficient (Wildman–Crippen LogP) is 0.871. The molecule has 4 heteroatoms. The normalized spacial score (nSPS) is 32.9. The van der Waals surface area contributed by atoms with E-state index < -0.39 is 0 Å². The monoisotopic (exact) mass is 251 g/mol. The Balaban J connectivity index is 1.39. The summed E-state index contributed by atoms with van der Waals surface area (Å²) in [6.07, 6.45) is 8.74. The lowest BCUT2D eigenvalue weighted by Crippen LogP contribution is -2.45. The van der Waals surface area contributed by atoms with E-state index in [2.05, 4.69) is 15.5 Å².